The third-order valence-electron chi connectivity index (χ3n) is 2.61. The molecule has 0 aliphatic carbocycles. The van der Waals surface area contributed by atoms with E-state index < -0.39 is 0 Å². The smallest absolute Gasteiger partial charge is 0.306 e. The van der Waals surface area contributed by atoms with Crippen LogP contribution in [0.15, 0.2) is 28.1 Å². The van der Waals surface area contributed by atoms with Gasteiger partial charge in [-0.05, 0) is 35.0 Å². The van der Waals surface area contributed by atoms with Crippen molar-refractivity contribution >= 4 is 44.8 Å². The largest absolute Gasteiger partial charge is 0.466 e. The third-order valence-corrected chi connectivity index (χ3v) is 4.76. The zero-order valence-corrected chi connectivity index (χ0v) is 14.0. The number of hydrogen-bond donors (Lipinski definition) is 0. The Hall–Kier alpha value is -0.910. The number of carbonyl (C=O) groups is 1. The summed E-state index contributed by atoms with van der Waals surface area (Å²) in [5.74, 6) is -0.184. The molecule has 0 saturated heterocycles. The van der Waals surface area contributed by atoms with Crippen LogP contribution in [0.5, 0.6) is 0 Å². The Balaban J connectivity index is 2.05. The van der Waals surface area contributed by atoms with Crippen molar-refractivity contribution < 1.29 is 9.53 Å². The molecule has 0 N–H and O–H groups in total. The number of thiazole rings is 1. The van der Waals surface area contributed by atoms with Crippen molar-refractivity contribution in [3.63, 3.8) is 0 Å². The van der Waals surface area contributed by atoms with Crippen molar-refractivity contribution in [2.45, 2.75) is 19.8 Å². The maximum atomic E-state index is 11.3. The average Bonchev–Trinajstić information content (AvgIpc) is 2.89. The average molecular weight is 375 g/mol. The molecule has 1 aromatic heterocycles. The Morgan fingerprint density at radius 3 is 3.00 bits per heavy atom. The highest BCUT2D eigenvalue weighted by molar-refractivity contribution is 9.10. The van der Waals surface area contributed by atoms with Crippen LogP contribution in [0.2, 0.25) is 5.02 Å². The highest BCUT2D eigenvalue weighted by atomic mass is 79.9. The number of ether oxygens (including phenoxy) is 1. The quantitative estimate of drug-likeness (QED) is 0.711. The summed E-state index contributed by atoms with van der Waals surface area (Å²) in [5.41, 5.74) is 1.91. The van der Waals surface area contributed by atoms with Crippen LogP contribution in [-0.2, 0) is 16.0 Å². The summed E-state index contributed by atoms with van der Waals surface area (Å²) in [6.45, 7) is 2.22. The van der Waals surface area contributed by atoms with Crippen LogP contribution in [0.4, 0.5) is 0 Å². The Morgan fingerprint density at radius 2 is 2.30 bits per heavy atom. The molecule has 0 spiro atoms. The lowest BCUT2D eigenvalue weighted by molar-refractivity contribution is -0.143. The van der Waals surface area contributed by atoms with E-state index in [0.717, 1.165) is 20.7 Å². The van der Waals surface area contributed by atoms with Crippen molar-refractivity contribution in [1.82, 2.24) is 4.98 Å². The zero-order chi connectivity index (χ0) is 14.5. The van der Waals surface area contributed by atoms with Crippen molar-refractivity contribution in [3.05, 3.63) is 38.8 Å². The number of nitrogens with zero attached hydrogens (tertiary/aromatic N) is 1. The van der Waals surface area contributed by atoms with Crippen LogP contribution in [-0.4, -0.2) is 17.6 Å². The molecule has 0 bridgehead atoms. The Bertz CT molecular complexity index is 615. The van der Waals surface area contributed by atoms with E-state index in [2.05, 4.69) is 20.9 Å². The molecule has 1 aromatic carbocycles. The number of halogens is 2. The molecule has 0 fully saturated rings. The van der Waals surface area contributed by atoms with Gasteiger partial charge in [0.1, 0.15) is 5.01 Å². The third kappa shape index (κ3) is 4.04. The molecule has 6 heteroatoms. The summed E-state index contributed by atoms with van der Waals surface area (Å²) in [5, 5.41) is 3.56. The van der Waals surface area contributed by atoms with Crippen LogP contribution in [0, 0.1) is 0 Å². The van der Waals surface area contributed by atoms with Gasteiger partial charge < -0.3 is 4.74 Å². The van der Waals surface area contributed by atoms with Gasteiger partial charge in [0, 0.05) is 21.8 Å². The van der Waals surface area contributed by atoms with Gasteiger partial charge in [-0.15, -0.1) is 11.3 Å². The van der Waals surface area contributed by atoms with Gasteiger partial charge in [0.15, 0.2) is 0 Å². The van der Waals surface area contributed by atoms with E-state index in [1.165, 1.54) is 0 Å². The van der Waals surface area contributed by atoms with Crippen molar-refractivity contribution in [2.75, 3.05) is 6.61 Å². The molecule has 106 valence electrons. The second-order valence-electron chi connectivity index (χ2n) is 4.08. The van der Waals surface area contributed by atoms with Gasteiger partial charge in [0.05, 0.1) is 23.7 Å². The van der Waals surface area contributed by atoms with Gasteiger partial charge in [-0.1, -0.05) is 17.7 Å². The van der Waals surface area contributed by atoms with Gasteiger partial charge in [-0.25, -0.2) is 4.98 Å². The van der Waals surface area contributed by atoms with E-state index in [1.807, 2.05) is 23.6 Å². The van der Waals surface area contributed by atoms with Crippen LogP contribution >= 0.6 is 38.9 Å². The molecular formula is C14H13BrClNO2S. The van der Waals surface area contributed by atoms with E-state index in [-0.39, 0.29) is 5.97 Å². The second kappa shape index (κ2) is 7.20. The number of esters is 1. The molecule has 0 radical (unpaired) electrons. The topological polar surface area (TPSA) is 39.2 Å². The van der Waals surface area contributed by atoms with Gasteiger partial charge in [-0.3, -0.25) is 4.79 Å². The van der Waals surface area contributed by atoms with Gasteiger partial charge in [-0.2, -0.15) is 0 Å². The fourth-order valence-electron chi connectivity index (χ4n) is 1.65. The number of rotatable bonds is 5. The van der Waals surface area contributed by atoms with E-state index in [1.54, 1.807) is 18.3 Å². The van der Waals surface area contributed by atoms with Crippen molar-refractivity contribution in [1.29, 1.82) is 0 Å². The normalized spacial score (nSPS) is 10.6. The fourth-order valence-corrected chi connectivity index (χ4v) is 2.99. The molecule has 0 saturated carbocycles. The molecule has 2 aromatic rings. The molecule has 0 unspecified atom stereocenters. The summed E-state index contributed by atoms with van der Waals surface area (Å²) in [6.07, 6.45) is 0.964. The lowest BCUT2D eigenvalue weighted by Gasteiger charge is -2.00. The van der Waals surface area contributed by atoms with Crippen molar-refractivity contribution in [2.24, 2.45) is 0 Å². The van der Waals surface area contributed by atoms with E-state index in [9.17, 15) is 4.79 Å². The number of hydrogen-bond acceptors (Lipinski definition) is 4. The highest BCUT2D eigenvalue weighted by Crippen LogP contribution is 2.30. The minimum atomic E-state index is -0.184. The van der Waals surface area contributed by atoms with Crippen LogP contribution in [0.1, 0.15) is 19.0 Å². The lowest BCUT2D eigenvalue weighted by atomic mass is 10.2. The number of aryl methyl sites for hydroxylation is 1. The van der Waals surface area contributed by atoms with Crippen LogP contribution < -0.4 is 0 Å². The molecule has 3 nitrogen and oxygen atoms in total. The van der Waals surface area contributed by atoms with Gasteiger partial charge in [0.25, 0.3) is 0 Å². The molecule has 20 heavy (non-hydrogen) atoms. The minimum absolute atomic E-state index is 0.184. The predicted octanol–water partition coefficient (Wildman–Crippen LogP) is 4.72. The van der Waals surface area contributed by atoms with Crippen LogP contribution in [0.25, 0.3) is 10.6 Å². The molecule has 0 aliphatic heterocycles. The standard InChI is InChI=1S/C14H13BrClNO2S/c1-2-19-13(18)6-4-10-8-20-14(17-10)9-3-5-12(16)11(15)7-9/h3,5,7-8H,2,4,6H2,1H3. The Labute approximate surface area is 135 Å². The molecular weight excluding hydrogens is 362 g/mol. The summed E-state index contributed by atoms with van der Waals surface area (Å²) in [4.78, 5) is 15.8. The first-order valence-electron chi connectivity index (χ1n) is 6.15. The predicted molar refractivity (Wildman–Crippen MR) is 85.2 cm³/mol. The maximum Gasteiger partial charge on any atom is 0.306 e. The minimum Gasteiger partial charge on any atom is -0.466 e. The van der Waals surface area contributed by atoms with E-state index in [4.69, 9.17) is 16.3 Å². The van der Waals surface area contributed by atoms with Gasteiger partial charge >= 0.3 is 5.97 Å². The second-order valence-corrected chi connectivity index (χ2v) is 6.20. The fraction of sp³-hybridized carbons (Fsp3) is 0.286. The summed E-state index contributed by atoms with van der Waals surface area (Å²) < 4.78 is 5.75. The SMILES string of the molecule is CCOC(=O)CCc1csc(-c2ccc(Cl)c(Br)c2)n1. The summed E-state index contributed by atoms with van der Waals surface area (Å²) in [7, 11) is 0. The summed E-state index contributed by atoms with van der Waals surface area (Å²) >= 11 is 10.9. The van der Waals surface area contributed by atoms with E-state index in [0.29, 0.717) is 24.5 Å². The Morgan fingerprint density at radius 1 is 1.50 bits per heavy atom. The molecule has 0 amide bonds. The molecule has 0 atom stereocenters. The number of benzene rings is 1. The maximum absolute atomic E-state index is 11.3. The zero-order valence-electron chi connectivity index (χ0n) is 10.9. The monoisotopic (exact) mass is 373 g/mol. The summed E-state index contributed by atoms with van der Waals surface area (Å²) in [6, 6.07) is 5.71. The van der Waals surface area contributed by atoms with Gasteiger partial charge in [0.2, 0.25) is 0 Å². The lowest BCUT2D eigenvalue weighted by Crippen LogP contribution is -2.05. The van der Waals surface area contributed by atoms with Crippen LogP contribution in [0.3, 0.4) is 0 Å². The first kappa shape index (κ1) is 15.5. The number of carbonyl (C=O) groups excluding carboxylic acids is 1. The molecule has 0 aliphatic rings. The Kier molecular flexibility index (Phi) is 5.57. The number of aromatic nitrogens is 1. The first-order chi connectivity index (χ1) is 9.60. The van der Waals surface area contributed by atoms with Crippen molar-refractivity contribution in [3.8, 4) is 10.6 Å². The molecule has 1 heterocycles. The van der Waals surface area contributed by atoms with E-state index >= 15 is 0 Å². The first-order valence-corrected chi connectivity index (χ1v) is 8.20. The molecule has 2 rings (SSSR count). The highest BCUT2D eigenvalue weighted by Gasteiger charge is 2.09.